The van der Waals surface area contributed by atoms with Crippen LogP contribution in [0.1, 0.15) is 39.1 Å². The average Bonchev–Trinajstić information content (AvgIpc) is 2.46. The second-order valence-electron chi connectivity index (χ2n) is 5.40. The smallest absolute Gasteiger partial charge is 0.239 e. The minimum absolute atomic E-state index is 0.0234. The van der Waals surface area contributed by atoms with Crippen molar-refractivity contribution in [1.29, 1.82) is 0 Å². The van der Waals surface area contributed by atoms with E-state index in [2.05, 4.69) is 39.8 Å². The Bertz CT molecular complexity index is 473. The maximum atomic E-state index is 11.8. The lowest BCUT2D eigenvalue weighted by Gasteiger charge is -2.14. The van der Waals surface area contributed by atoms with Gasteiger partial charge in [-0.2, -0.15) is 0 Å². The molecule has 118 valence electrons. The summed E-state index contributed by atoms with van der Waals surface area (Å²) in [5, 5.41) is 9.21. The topological polar surface area (TPSA) is 78.9 Å². The fourth-order valence-electron chi connectivity index (χ4n) is 1.78. The Morgan fingerprint density at radius 3 is 2.29 bits per heavy atom. The zero-order valence-corrected chi connectivity index (χ0v) is 13.7. The summed E-state index contributed by atoms with van der Waals surface area (Å²) in [6, 6.07) is 0. The number of nitrogens with one attached hydrogen (secondary N) is 3. The number of carbonyl (C=O) groups is 1. The van der Waals surface area contributed by atoms with Gasteiger partial charge in [0.05, 0.1) is 6.54 Å². The number of nitrogens with zero attached hydrogens (tertiary/aromatic N) is 2. The van der Waals surface area contributed by atoms with Gasteiger partial charge >= 0.3 is 0 Å². The van der Waals surface area contributed by atoms with Crippen LogP contribution in [-0.4, -0.2) is 35.5 Å². The van der Waals surface area contributed by atoms with Crippen LogP contribution in [0.3, 0.4) is 0 Å². The van der Waals surface area contributed by atoms with E-state index < -0.39 is 0 Å². The van der Waals surface area contributed by atoms with Crippen molar-refractivity contribution in [3.8, 4) is 0 Å². The normalized spacial score (nSPS) is 10.6. The number of carbonyl (C=O) groups excluding carboxylic acids is 1. The molecule has 1 aromatic heterocycles. The lowest BCUT2D eigenvalue weighted by molar-refractivity contribution is -0.119. The van der Waals surface area contributed by atoms with Crippen LogP contribution in [0.4, 0.5) is 11.6 Å². The Morgan fingerprint density at radius 2 is 1.76 bits per heavy atom. The fourth-order valence-corrected chi connectivity index (χ4v) is 1.78. The first-order valence-electron chi connectivity index (χ1n) is 7.59. The number of hydrogen-bond donors (Lipinski definition) is 3. The van der Waals surface area contributed by atoms with Gasteiger partial charge in [-0.3, -0.25) is 4.79 Å². The largest absolute Gasteiger partial charge is 0.370 e. The Balaban J connectivity index is 2.73. The molecule has 0 saturated heterocycles. The van der Waals surface area contributed by atoms with Crippen LogP contribution in [0.25, 0.3) is 0 Å². The molecular weight excluding hydrogens is 266 g/mol. The summed E-state index contributed by atoms with van der Waals surface area (Å²) < 4.78 is 0. The molecule has 1 amide bonds. The first kappa shape index (κ1) is 17.2. The van der Waals surface area contributed by atoms with Crippen LogP contribution in [0.5, 0.6) is 0 Å². The number of hydrogen-bond acceptors (Lipinski definition) is 5. The Kier molecular flexibility index (Phi) is 6.91. The highest BCUT2D eigenvalue weighted by Gasteiger charge is 2.11. The van der Waals surface area contributed by atoms with Gasteiger partial charge in [-0.15, -0.1) is 0 Å². The highest BCUT2D eigenvalue weighted by atomic mass is 16.1. The van der Waals surface area contributed by atoms with E-state index >= 15 is 0 Å². The average molecular weight is 293 g/mol. The van der Waals surface area contributed by atoms with Crippen molar-refractivity contribution in [2.45, 2.75) is 41.0 Å². The summed E-state index contributed by atoms with van der Waals surface area (Å²) in [4.78, 5) is 20.7. The van der Waals surface area contributed by atoms with Crippen molar-refractivity contribution in [1.82, 2.24) is 15.3 Å². The van der Waals surface area contributed by atoms with Crippen LogP contribution in [0.15, 0.2) is 0 Å². The van der Waals surface area contributed by atoms with Crippen molar-refractivity contribution >= 4 is 17.5 Å². The summed E-state index contributed by atoms with van der Waals surface area (Å²) in [5.41, 5.74) is 0.936. The van der Waals surface area contributed by atoms with E-state index in [0.29, 0.717) is 12.5 Å². The molecule has 0 radical (unpaired) electrons. The predicted octanol–water partition coefficient (Wildman–Crippen LogP) is 1.96. The fraction of sp³-hybridized carbons (Fsp3) is 0.667. The molecule has 6 heteroatoms. The van der Waals surface area contributed by atoms with Gasteiger partial charge in [0.25, 0.3) is 0 Å². The van der Waals surface area contributed by atoms with Gasteiger partial charge < -0.3 is 16.0 Å². The lowest BCUT2D eigenvalue weighted by Crippen LogP contribution is -2.32. The first-order valence-corrected chi connectivity index (χ1v) is 7.59. The number of aryl methyl sites for hydroxylation is 1. The van der Waals surface area contributed by atoms with Gasteiger partial charge in [-0.1, -0.05) is 20.8 Å². The molecule has 21 heavy (non-hydrogen) atoms. The quantitative estimate of drug-likeness (QED) is 0.683. The van der Waals surface area contributed by atoms with Crippen molar-refractivity contribution in [2.75, 3.05) is 30.3 Å². The molecule has 0 atom stereocenters. The molecule has 0 aliphatic heterocycles. The van der Waals surface area contributed by atoms with Crippen LogP contribution in [0.2, 0.25) is 0 Å². The number of aromatic nitrogens is 2. The van der Waals surface area contributed by atoms with E-state index in [9.17, 15) is 4.79 Å². The van der Waals surface area contributed by atoms with Gasteiger partial charge in [-0.25, -0.2) is 9.97 Å². The van der Waals surface area contributed by atoms with Crippen molar-refractivity contribution in [3.63, 3.8) is 0 Å². The first-order chi connectivity index (χ1) is 9.97. The minimum Gasteiger partial charge on any atom is -0.370 e. The molecule has 3 N–H and O–H groups in total. The molecule has 0 bridgehead atoms. The number of amides is 1. The molecule has 1 rings (SSSR count). The van der Waals surface area contributed by atoms with E-state index in [4.69, 9.17) is 0 Å². The van der Waals surface area contributed by atoms with Crippen molar-refractivity contribution < 1.29 is 4.79 Å². The summed E-state index contributed by atoms with van der Waals surface area (Å²) in [6.45, 7) is 11.8. The molecule has 1 aromatic rings. The Morgan fingerprint density at radius 1 is 1.14 bits per heavy atom. The minimum atomic E-state index is -0.0234. The maximum Gasteiger partial charge on any atom is 0.239 e. The summed E-state index contributed by atoms with van der Waals surface area (Å²) in [7, 11) is 0. The molecule has 0 fully saturated rings. The van der Waals surface area contributed by atoms with Crippen LogP contribution in [0, 0.1) is 12.8 Å². The van der Waals surface area contributed by atoms with E-state index in [0.717, 1.165) is 36.0 Å². The molecule has 1 heterocycles. The number of anilines is 2. The maximum absolute atomic E-state index is 11.8. The third-order valence-corrected chi connectivity index (χ3v) is 2.98. The zero-order valence-electron chi connectivity index (χ0n) is 13.7. The third-order valence-electron chi connectivity index (χ3n) is 2.98. The summed E-state index contributed by atoms with van der Waals surface area (Å²) >= 11 is 0. The summed E-state index contributed by atoms with van der Waals surface area (Å²) in [5.74, 6) is 2.74. The lowest BCUT2D eigenvalue weighted by atomic mass is 10.2. The molecule has 0 unspecified atom stereocenters. The SMILES string of the molecule is CCNc1nc(CC)nc(NCC(=O)NCC(C)C)c1C. The van der Waals surface area contributed by atoms with Crippen molar-refractivity contribution in [2.24, 2.45) is 5.92 Å². The van der Waals surface area contributed by atoms with Gasteiger partial charge in [0.2, 0.25) is 5.91 Å². The zero-order chi connectivity index (χ0) is 15.8. The molecule has 0 spiro atoms. The van der Waals surface area contributed by atoms with E-state index in [1.54, 1.807) is 0 Å². The highest BCUT2D eigenvalue weighted by Crippen LogP contribution is 2.19. The predicted molar refractivity (Wildman–Crippen MR) is 86.6 cm³/mol. The second-order valence-corrected chi connectivity index (χ2v) is 5.40. The van der Waals surface area contributed by atoms with Gasteiger partial charge in [0, 0.05) is 25.1 Å². The van der Waals surface area contributed by atoms with Gasteiger partial charge in [0.15, 0.2) is 0 Å². The van der Waals surface area contributed by atoms with Crippen LogP contribution in [-0.2, 0) is 11.2 Å². The second kappa shape index (κ2) is 8.44. The highest BCUT2D eigenvalue weighted by molar-refractivity contribution is 5.80. The Labute approximate surface area is 127 Å². The van der Waals surface area contributed by atoms with Crippen LogP contribution >= 0.6 is 0 Å². The molecule has 6 nitrogen and oxygen atoms in total. The molecule has 0 saturated carbocycles. The van der Waals surface area contributed by atoms with E-state index in [1.807, 2.05) is 20.8 Å². The van der Waals surface area contributed by atoms with Crippen LogP contribution < -0.4 is 16.0 Å². The van der Waals surface area contributed by atoms with E-state index in [1.165, 1.54) is 0 Å². The number of rotatable bonds is 8. The monoisotopic (exact) mass is 293 g/mol. The molecule has 0 aromatic carbocycles. The van der Waals surface area contributed by atoms with E-state index in [-0.39, 0.29) is 12.5 Å². The summed E-state index contributed by atoms with van der Waals surface area (Å²) in [6.07, 6.45) is 0.757. The third kappa shape index (κ3) is 5.57. The molecule has 0 aliphatic carbocycles. The van der Waals surface area contributed by atoms with Crippen molar-refractivity contribution in [3.05, 3.63) is 11.4 Å². The Hall–Kier alpha value is -1.85. The molecular formula is C15H27N5O. The van der Waals surface area contributed by atoms with Gasteiger partial charge in [-0.05, 0) is 19.8 Å². The van der Waals surface area contributed by atoms with Gasteiger partial charge in [0.1, 0.15) is 17.5 Å². The standard InChI is InChI=1S/C15H27N5O/c1-6-12-19-14(16-7-2)11(5)15(20-12)18-9-13(21)17-8-10(3)4/h10H,6-9H2,1-5H3,(H,17,21)(H2,16,18,19,20). The molecule has 0 aliphatic rings.